The molecule has 44 heavy (non-hydrogen) atoms. The molecule has 2 heterocycles. The van der Waals surface area contributed by atoms with E-state index in [4.69, 9.17) is 26.1 Å². The summed E-state index contributed by atoms with van der Waals surface area (Å²) in [7, 11) is 9.03. The SMILES string of the molecule is COc1cc(N(C)CCN(C)C)c(NC(=O)[C@H](C)NC(=O)C(F)Cl)cc1Nc1ccc(OC)c(C2CNc3ccccc32)n1. The summed E-state index contributed by atoms with van der Waals surface area (Å²) in [5.74, 6) is 0.0838. The Balaban J connectivity index is 1.69. The van der Waals surface area contributed by atoms with Crippen LogP contribution in [0.3, 0.4) is 0 Å². The van der Waals surface area contributed by atoms with E-state index in [-0.39, 0.29) is 5.92 Å². The van der Waals surface area contributed by atoms with Crippen molar-refractivity contribution in [3.63, 3.8) is 0 Å². The number of methoxy groups -OCH3 is 2. The first kappa shape index (κ1) is 32.6. The molecule has 236 valence electrons. The second-order valence-electron chi connectivity index (χ2n) is 10.7. The Hall–Kier alpha value is -4.29. The Bertz CT molecular complexity index is 1490. The van der Waals surface area contributed by atoms with Crippen molar-refractivity contribution in [2.24, 2.45) is 0 Å². The van der Waals surface area contributed by atoms with Crippen LogP contribution in [0.5, 0.6) is 11.5 Å². The minimum Gasteiger partial charge on any atom is -0.495 e. The third-order valence-corrected chi connectivity index (χ3v) is 7.55. The minimum atomic E-state index is -2.26. The number of halogens is 2. The summed E-state index contributed by atoms with van der Waals surface area (Å²) < 4.78 is 24.7. The zero-order valence-electron chi connectivity index (χ0n) is 25.7. The molecule has 1 aromatic heterocycles. The molecule has 11 nitrogen and oxygen atoms in total. The first-order chi connectivity index (χ1) is 21.0. The Morgan fingerprint density at radius 2 is 1.77 bits per heavy atom. The Kier molecular flexibility index (Phi) is 10.7. The number of benzene rings is 2. The normalized spacial score (nSPS) is 15.1. The van der Waals surface area contributed by atoms with E-state index in [0.717, 1.165) is 23.5 Å². The molecule has 13 heteroatoms. The molecule has 0 saturated heterocycles. The number of rotatable bonds is 13. The third kappa shape index (κ3) is 7.61. The van der Waals surface area contributed by atoms with Crippen molar-refractivity contribution in [2.75, 3.05) is 75.8 Å². The number of hydrogen-bond acceptors (Lipinski definition) is 9. The van der Waals surface area contributed by atoms with Gasteiger partial charge in [0.1, 0.15) is 23.4 Å². The van der Waals surface area contributed by atoms with Gasteiger partial charge in [-0.15, -0.1) is 0 Å². The summed E-state index contributed by atoms with van der Waals surface area (Å²) >= 11 is 5.23. The van der Waals surface area contributed by atoms with Gasteiger partial charge in [0.2, 0.25) is 5.91 Å². The maximum atomic E-state index is 13.2. The van der Waals surface area contributed by atoms with Crippen LogP contribution < -0.4 is 35.6 Å². The highest BCUT2D eigenvalue weighted by molar-refractivity contribution is 6.29. The number of carbonyl (C=O) groups excluding carboxylic acids is 2. The fourth-order valence-electron chi connectivity index (χ4n) is 4.92. The van der Waals surface area contributed by atoms with Crippen LogP contribution in [0.1, 0.15) is 24.1 Å². The lowest BCUT2D eigenvalue weighted by Gasteiger charge is -2.26. The van der Waals surface area contributed by atoms with Gasteiger partial charge in [-0.25, -0.2) is 9.37 Å². The maximum absolute atomic E-state index is 13.2. The predicted octanol–water partition coefficient (Wildman–Crippen LogP) is 4.38. The smallest absolute Gasteiger partial charge is 0.270 e. The van der Waals surface area contributed by atoms with Gasteiger partial charge in [0.15, 0.2) is 0 Å². The van der Waals surface area contributed by atoms with Crippen LogP contribution >= 0.6 is 11.6 Å². The lowest BCUT2D eigenvalue weighted by atomic mass is 9.96. The number of pyridine rings is 1. The van der Waals surface area contributed by atoms with Crippen LogP contribution in [0, 0.1) is 0 Å². The van der Waals surface area contributed by atoms with Gasteiger partial charge in [-0.3, -0.25) is 9.59 Å². The largest absolute Gasteiger partial charge is 0.495 e. The first-order valence-electron chi connectivity index (χ1n) is 14.1. The zero-order chi connectivity index (χ0) is 32.0. The highest BCUT2D eigenvalue weighted by Crippen LogP contribution is 2.41. The average molecular weight is 628 g/mol. The summed E-state index contributed by atoms with van der Waals surface area (Å²) in [6.07, 6.45) is 0. The number of para-hydroxylation sites is 1. The second-order valence-corrected chi connectivity index (χ2v) is 11.1. The molecule has 2 amide bonds. The molecule has 0 bridgehead atoms. The van der Waals surface area contributed by atoms with Crippen molar-refractivity contribution >= 4 is 52.0 Å². The summed E-state index contributed by atoms with van der Waals surface area (Å²) in [4.78, 5) is 33.8. The third-order valence-electron chi connectivity index (χ3n) is 7.35. The van der Waals surface area contributed by atoms with E-state index in [1.807, 2.05) is 67.3 Å². The van der Waals surface area contributed by atoms with Crippen molar-refractivity contribution in [3.05, 3.63) is 59.8 Å². The molecule has 0 fully saturated rings. The monoisotopic (exact) mass is 627 g/mol. The average Bonchev–Trinajstić information content (AvgIpc) is 3.44. The van der Waals surface area contributed by atoms with Gasteiger partial charge in [0.05, 0.1) is 37.0 Å². The number of ether oxygens (including phenoxy) is 2. The number of nitrogens with zero attached hydrogens (tertiary/aromatic N) is 3. The summed E-state index contributed by atoms with van der Waals surface area (Å²) in [6.45, 7) is 3.53. The number of amides is 2. The standard InChI is InChI=1S/C31H39ClFN7O4/c1-18(35-31(42)29(32)33)30(41)37-22-15-23(26(44-6)16-24(22)40(4)14-13-39(2)3)36-27-12-11-25(43-5)28(38-27)20-17-34-21-10-8-7-9-19(20)21/h7-12,15-16,18,20,29,34H,13-14,17H2,1-6H3,(H,35,42)(H,36,38)(H,37,41)/t18-,20?,29?/m0/s1. The fourth-order valence-corrected chi connectivity index (χ4v) is 4.99. The zero-order valence-corrected chi connectivity index (χ0v) is 26.5. The summed E-state index contributed by atoms with van der Waals surface area (Å²) in [5, 5.41) is 11.9. The Morgan fingerprint density at radius 1 is 1.05 bits per heavy atom. The topological polar surface area (TPSA) is 120 Å². The maximum Gasteiger partial charge on any atom is 0.270 e. The molecular weight excluding hydrogens is 589 g/mol. The molecule has 4 rings (SSSR count). The fraction of sp³-hybridized carbons (Fsp3) is 0.387. The number of aromatic nitrogens is 1. The molecule has 0 saturated carbocycles. The van der Waals surface area contributed by atoms with E-state index < -0.39 is 23.5 Å². The van der Waals surface area contributed by atoms with E-state index >= 15 is 0 Å². The van der Waals surface area contributed by atoms with E-state index in [2.05, 4.69) is 27.3 Å². The molecule has 1 aliphatic rings. The van der Waals surface area contributed by atoms with Crippen LogP contribution in [0.4, 0.5) is 33.0 Å². The second kappa shape index (κ2) is 14.5. The number of carbonyl (C=O) groups is 2. The molecule has 3 atom stereocenters. The molecule has 0 radical (unpaired) electrons. The van der Waals surface area contributed by atoms with Gasteiger partial charge in [-0.2, -0.15) is 0 Å². The van der Waals surface area contributed by atoms with Crippen LogP contribution in [0.15, 0.2) is 48.5 Å². The number of fused-ring (bicyclic) bond motifs is 1. The van der Waals surface area contributed by atoms with E-state index in [9.17, 15) is 14.0 Å². The van der Waals surface area contributed by atoms with Crippen molar-refractivity contribution in [1.29, 1.82) is 0 Å². The lowest BCUT2D eigenvalue weighted by molar-refractivity contribution is -0.127. The quantitative estimate of drug-likeness (QED) is 0.205. The van der Waals surface area contributed by atoms with Gasteiger partial charge >= 0.3 is 0 Å². The molecule has 0 spiro atoms. The molecule has 0 aliphatic carbocycles. The molecule has 3 aromatic rings. The van der Waals surface area contributed by atoms with Crippen LogP contribution in [-0.2, 0) is 9.59 Å². The van der Waals surface area contributed by atoms with Crippen molar-refractivity contribution in [3.8, 4) is 11.5 Å². The molecule has 1 aliphatic heterocycles. The van der Waals surface area contributed by atoms with Crippen molar-refractivity contribution < 1.29 is 23.5 Å². The number of anilines is 5. The summed E-state index contributed by atoms with van der Waals surface area (Å²) in [5.41, 5.74) is 2.39. The number of alkyl halides is 2. The van der Waals surface area contributed by atoms with Gasteiger partial charge < -0.3 is 40.5 Å². The minimum absolute atomic E-state index is 0.0130. The van der Waals surface area contributed by atoms with Crippen LogP contribution in [0.2, 0.25) is 0 Å². The lowest BCUT2D eigenvalue weighted by Crippen LogP contribution is -2.44. The first-order valence-corrected chi connectivity index (χ1v) is 14.6. The Labute approximate surface area is 262 Å². The predicted molar refractivity (Wildman–Crippen MR) is 173 cm³/mol. The molecular formula is C31H39ClFN7O4. The Morgan fingerprint density at radius 3 is 2.45 bits per heavy atom. The molecule has 2 unspecified atom stereocenters. The van der Waals surface area contributed by atoms with Crippen molar-refractivity contribution in [1.82, 2.24) is 15.2 Å². The highest BCUT2D eigenvalue weighted by Gasteiger charge is 2.28. The van der Waals surface area contributed by atoms with Crippen molar-refractivity contribution in [2.45, 2.75) is 24.5 Å². The van der Waals surface area contributed by atoms with E-state index in [0.29, 0.717) is 47.5 Å². The number of hydrogen-bond donors (Lipinski definition) is 4. The van der Waals surface area contributed by atoms with Gasteiger partial charge in [0, 0.05) is 44.4 Å². The number of likely N-dealkylation sites (N-methyl/N-ethyl adjacent to an activating group) is 2. The van der Waals surface area contributed by atoms with Gasteiger partial charge in [-0.05, 0) is 50.8 Å². The van der Waals surface area contributed by atoms with E-state index in [1.54, 1.807) is 20.3 Å². The van der Waals surface area contributed by atoms with Gasteiger partial charge in [-0.1, -0.05) is 29.8 Å². The molecule has 2 aromatic carbocycles. The van der Waals surface area contributed by atoms with Crippen LogP contribution in [0.25, 0.3) is 0 Å². The highest BCUT2D eigenvalue weighted by atomic mass is 35.5. The number of nitrogens with one attached hydrogen (secondary N) is 4. The molecule has 4 N–H and O–H groups in total. The van der Waals surface area contributed by atoms with Gasteiger partial charge in [0.25, 0.3) is 11.5 Å². The van der Waals surface area contributed by atoms with E-state index in [1.165, 1.54) is 6.92 Å². The van der Waals surface area contributed by atoms with Crippen LogP contribution in [-0.4, -0.2) is 88.4 Å². The summed E-state index contributed by atoms with van der Waals surface area (Å²) in [6, 6.07) is 14.3.